The number of benzene rings is 2. The minimum atomic E-state index is -0.322. The number of hydrogen-bond donors (Lipinski definition) is 1. The van der Waals surface area contributed by atoms with E-state index in [9.17, 15) is 4.79 Å². The monoisotopic (exact) mass is 333 g/mol. The highest BCUT2D eigenvalue weighted by Gasteiger charge is 2.41. The standard InChI is InChI=1S/C22H23NO2/c1-2-11-22(12-13-22)15-23-21(24)25-14-20-18-9-5-3-7-16(18)17-8-4-6-10-19(17)20/h2-10,20H,1,11-15H2,(H,23,24). The van der Waals surface area contributed by atoms with E-state index in [1.54, 1.807) is 0 Å². The summed E-state index contributed by atoms with van der Waals surface area (Å²) in [5.41, 5.74) is 5.20. The van der Waals surface area contributed by atoms with Crippen LogP contribution in [0.25, 0.3) is 11.1 Å². The van der Waals surface area contributed by atoms with Crippen molar-refractivity contribution in [3.05, 3.63) is 72.3 Å². The Morgan fingerprint density at radius 3 is 2.28 bits per heavy atom. The Morgan fingerprint density at radius 2 is 1.72 bits per heavy atom. The topological polar surface area (TPSA) is 38.3 Å². The van der Waals surface area contributed by atoms with Gasteiger partial charge in [-0.05, 0) is 46.9 Å². The first-order valence-electron chi connectivity index (χ1n) is 8.92. The van der Waals surface area contributed by atoms with Gasteiger partial charge in [-0.25, -0.2) is 4.79 Å². The summed E-state index contributed by atoms with van der Waals surface area (Å²) in [5, 5.41) is 2.93. The molecule has 2 aliphatic carbocycles. The number of carbonyl (C=O) groups excluding carboxylic acids is 1. The number of rotatable bonds is 6. The molecule has 1 fully saturated rings. The van der Waals surface area contributed by atoms with Crippen molar-refractivity contribution in [2.45, 2.75) is 25.2 Å². The molecule has 0 bridgehead atoms. The van der Waals surface area contributed by atoms with Crippen molar-refractivity contribution in [2.75, 3.05) is 13.2 Å². The van der Waals surface area contributed by atoms with Crippen LogP contribution in [0.5, 0.6) is 0 Å². The summed E-state index contributed by atoms with van der Waals surface area (Å²) in [6, 6.07) is 16.7. The SMILES string of the molecule is C=CCC1(CNC(=O)OCC2c3ccccc3-c3ccccc32)CC1. The van der Waals surface area contributed by atoms with Crippen LogP contribution in [-0.4, -0.2) is 19.2 Å². The van der Waals surface area contributed by atoms with Gasteiger partial charge in [-0.2, -0.15) is 0 Å². The van der Waals surface area contributed by atoms with Gasteiger partial charge in [-0.3, -0.25) is 0 Å². The van der Waals surface area contributed by atoms with Gasteiger partial charge in [-0.1, -0.05) is 54.6 Å². The lowest BCUT2D eigenvalue weighted by molar-refractivity contribution is 0.141. The van der Waals surface area contributed by atoms with E-state index in [0.29, 0.717) is 13.2 Å². The van der Waals surface area contributed by atoms with Crippen LogP contribution < -0.4 is 5.32 Å². The van der Waals surface area contributed by atoms with Crippen LogP contribution in [-0.2, 0) is 4.74 Å². The average Bonchev–Trinajstić information content (AvgIpc) is 3.34. The van der Waals surface area contributed by atoms with Crippen molar-refractivity contribution < 1.29 is 9.53 Å². The van der Waals surface area contributed by atoms with Crippen LogP contribution >= 0.6 is 0 Å². The summed E-state index contributed by atoms with van der Waals surface area (Å²) in [4.78, 5) is 12.1. The lowest BCUT2D eigenvalue weighted by atomic mass is 9.98. The molecule has 1 N–H and O–H groups in total. The third-order valence-electron chi connectivity index (χ3n) is 5.49. The number of alkyl carbamates (subject to hydrolysis) is 1. The van der Waals surface area contributed by atoms with E-state index in [4.69, 9.17) is 4.74 Å². The highest BCUT2D eigenvalue weighted by atomic mass is 16.5. The lowest BCUT2D eigenvalue weighted by Crippen LogP contribution is -2.31. The van der Waals surface area contributed by atoms with Gasteiger partial charge in [0.1, 0.15) is 6.61 Å². The van der Waals surface area contributed by atoms with Crippen LogP contribution in [0.4, 0.5) is 4.79 Å². The minimum Gasteiger partial charge on any atom is -0.449 e. The van der Waals surface area contributed by atoms with Gasteiger partial charge in [0.05, 0.1) is 0 Å². The first-order valence-corrected chi connectivity index (χ1v) is 8.92. The van der Waals surface area contributed by atoms with Crippen molar-refractivity contribution in [3.8, 4) is 11.1 Å². The minimum absolute atomic E-state index is 0.112. The van der Waals surface area contributed by atoms with Crippen molar-refractivity contribution in [3.63, 3.8) is 0 Å². The van der Waals surface area contributed by atoms with Gasteiger partial charge in [-0.15, -0.1) is 6.58 Å². The zero-order chi connectivity index (χ0) is 17.3. The van der Waals surface area contributed by atoms with E-state index in [1.165, 1.54) is 22.3 Å². The molecule has 0 aromatic heterocycles. The van der Waals surface area contributed by atoms with Crippen LogP contribution in [0.15, 0.2) is 61.2 Å². The summed E-state index contributed by atoms with van der Waals surface area (Å²) >= 11 is 0. The number of allylic oxidation sites excluding steroid dienone is 1. The molecular weight excluding hydrogens is 310 g/mol. The molecule has 3 heteroatoms. The van der Waals surface area contributed by atoms with E-state index in [-0.39, 0.29) is 17.4 Å². The zero-order valence-electron chi connectivity index (χ0n) is 14.3. The summed E-state index contributed by atoms with van der Waals surface area (Å²) < 4.78 is 5.57. The van der Waals surface area contributed by atoms with Crippen LogP contribution in [0, 0.1) is 5.41 Å². The van der Waals surface area contributed by atoms with Crippen molar-refractivity contribution in [1.82, 2.24) is 5.32 Å². The average molecular weight is 333 g/mol. The molecule has 3 nitrogen and oxygen atoms in total. The van der Waals surface area contributed by atoms with Crippen molar-refractivity contribution in [2.24, 2.45) is 5.41 Å². The second-order valence-corrected chi connectivity index (χ2v) is 7.17. The third-order valence-corrected chi connectivity index (χ3v) is 5.49. The number of ether oxygens (including phenoxy) is 1. The summed E-state index contributed by atoms with van der Waals surface area (Å²) in [6.45, 7) is 4.85. The van der Waals surface area contributed by atoms with Crippen LogP contribution in [0.3, 0.4) is 0 Å². The molecule has 0 atom stereocenters. The molecule has 0 aliphatic heterocycles. The van der Waals surface area contributed by atoms with E-state index in [2.05, 4.69) is 48.3 Å². The molecule has 2 aromatic rings. The molecular formula is C22H23NO2. The van der Waals surface area contributed by atoms with Crippen molar-refractivity contribution >= 4 is 6.09 Å². The Balaban J connectivity index is 1.41. The Hall–Kier alpha value is -2.55. The van der Waals surface area contributed by atoms with Gasteiger partial charge < -0.3 is 10.1 Å². The molecule has 0 radical (unpaired) electrons. The van der Waals surface area contributed by atoms with E-state index in [0.717, 1.165) is 19.3 Å². The highest BCUT2D eigenvalue weighted by Crippen LogP contribution is 2.48. The van der Waals surface area contributed by atoms with Crippen molar-refractivity contribution in [1.29, 1.82) is 0 Å². The van der Waals surface area contributed by atoms with Gasteiger partial charge in [0.25, 0.3) is 0 Å². The van der Waals surface area contributed by atoms with Gasteiger partial charge in [0.2, 0.25) is 0 Å². The van der Waals surface area contributed by atoms with E-state index < -0.39 is 0 Å². The number of carbonyl (C=O) groups is 1. The molecule has 1 saturated carbocycles. The number of amides is 1. The summed E-state index contributed by atoms with van der Waals surface area (Å²) in [5.74, 6) is 0.112. The Bertz CT molecular complexity index is 762. The first-order chi connectivity index (χ1) is 12.2. The molecule has 4 rings (SSSR count). The van der Waals surface area contributed by atoms with Crippen LogP contribution in [0.2, 0.25) is 0 Å². The first kappa shape index (κ1) is 15.9. The van der Waals surface area contributed by atoms with Gasteiger partial charge >= 0.3 is 6.09 Å². The second-order valence-electron chi connectivity index (χ2n) is 7.17. The number of fused-ring (bicyclic) bond motifs is 3. The number of hydrogen-bond acceptors (Lipinski definition) is 2. The predicted molar refractivity (Wildman–Crippen MR) is 99.6 cm³/mol. The smallest absolute Gasteiger partial charge is 0.407 e. The Morgan fingerprint density at radius 1 is 1.12 bits per heavy atom. The molecule has 128 valence electrons. The normalized spacial score (nSPS) is 16.6. The predicted octanol–water partition coefficient (Wildman–Crippen LogP) is 4.88. The summed E-state index contributed by atoms with van der Waals surface area (Å²) in [6.07, 6.45) is 4.88. The summed E-state index contributed by atoms with van der Waals surface area (Å²) in [7, 11) is 0. The molecule has 0 heterocycles. The Kier molecular flexibility index (Phi) is 4.08. The second kappa shape index (κ2) is 6.40. The molecule has 0 saturated heterocycles. The lowest BCUT2D eigenvalue weighted by Gasteiger charge is -2.16. The molecule has 0 spiro atoms. The maximum Gasteiger partial charge on any atom is 0.407 e. The zero-order valence-corrected chi connectivity index (χ0v) is 14.3. The Labute approximate surface area is 148 Å². The third kappa shape index (κ3) is 3.07. The fraction of sp³-hybridized carbons (Fsp3) is 0.318. The highest BCUT2D eigenvalue weighted by molar-refractivity contribution is 5.79. The molecule has 0 unspecified atom stereocenters. The fourth-order valence-electron chi connectivity index (χ4n) is 3.85. The quantitative estimate of drug-likeness (QED) is 0.765. The molecule has 2 aromatic carbocycles. The maximum absolute atomic E-state index is 12.1. The molecule has 1 amide bonds. The van der Waals surface area contributed by atoms with Gasteiger partial charge in [0.15, 0.2) is 0 Å². The largest absolute Gasteiger partial charge is 0.449 e. The maximum atomic E-state index is 12.1. The molecule has 25 heavy (non-hydrogen) atoms. The number of nitrogens with one attached hydrogen (secondary N) is 1. The fourth-order valence-corrected chi connectivity index (χ4v) is 3.85. The molecule has 2 aliphatic rings. The van der Waals surface area contributed by atoms with E-state index in [1.807, 2.05) is 18.2 Å². The van der Waals surface area contributed by atoms with Gasteiger partial charge in [0, 0.05) is 12.5 Å². The van der Waals surface area contributed by atoms with E-state index >= 15 is 0 Å². The van der Waals surface area contributed by atoms with Crippen LogP contribution in [0.1, 0.15) is 36.3 Å².